The molecule has 2 nitrogen and oxygen atoms in total. The SMILES string of the molecule is COc1ccccc1-c1coc(C)c1. The highest BCUT2D eigenvalue weighted by Gasteiger charge is 2.06. The molecule has 0 aliphatic heterocycles. The highest BCUT2D eigenvalue weighted by molar-refractivity contribution is 5.69. The van der Waals surface area contributed by atoms with Crippen LogP contribution in [0.4, 0.5) is 0 Å². The Bertz CT molecular complexity index is 429. The van der Waals surface area contributed by atoms with Crippen LogP contribution in [-0.4, -0.2) is 7.11 Å². The molecule has 1 aromatic carbocycles. The van der Waals surface area contributed by atoms with Crippen molar-refractivity contribution in [1.82, 2.24) is 0 Å². The van der Waals surface area contributed by atoms with Crippen LogP contribution in [0.15, 0.2) is 41.0 Å². The quantitative estimate of drug-likeness (QED) is 0.721. The normalized spacial score (nSPS) is 10.1. The lowest BCUT2D eigenvalue weighted by atomic mass is 10.1. The van der Waals surface area contributed by atoms with Crippen molar-refractivity contribution >= 4 is 0 Å². The van der Waals surface area contributed by atoms with Crippen LogP contribution in [0, 0.1) is 6.92 Å². The summed E-state index contributed by atoms with van der Waals surface area (Å²) in [5, 5.41) is 0. The van der Waals surface area contributed by atoms with Gasteiger partial charge in [0.1, 0.15) is 11.5 Å². The first-order chi connectivity index (χ1) is 6.81. The summed E-state index contributed by atoms with van der Waals surface area (Å²) in [7, 11) is 1.67. The predicted molar refractivity (Wildman–Crippen MR) is 55.4 cm³/mol. The van der Waals surface area contributed by atoms with Gasteiger partial charge in [-0.3, -0.25) is 0 Å². The molecule has 2 rings (SSSR count). The molecule has 2 heteroatoms. The molecule has 0 aliphatic rings. The highest BCUT2D eigenvalue weighted by Crippen LogP contribution is 2.30. The Labute approximate surface area is 83.1 Å². The minimum absolute atomic E-state index is 0.869. The zero-order valence-electron chi connectivity index (χ0n) is 8.28. The number of methoxy groups -OCH3 is 1. The van der Waals surface area contributed by atoms with E-state index < -0.39 is 0 Å². The number of para-hydroxylation sites is 1. The molecule has 72 valence electrons. The van der Waals surface area contributed by atoms with Crippen molar-refractivity contribution in [2.75, 3.05) is 7.11 Å². The Kier molecular flexibility index (Phi) is 2.27. The lowest BCUT2D eigenvalue weighted by Gasteiger charge is -2.04. The molecule has 0 bridgehead atoms. The second-order valence-electron chi connectivity index (χ2n) is 3.15. The Morgan fingerprint density at radius 1 is 1.21 bits per heavy atom. The standard InChI is InChI=1S/C12H12O2/c1-9-7-10(8-14-9)11-5-3-4-6-12(11)13-2/h3-8H,1-2H3. The van der Waals surface area contributed by atoms with Gasteiger partial charge >= 0.3 is 0 Å². The first kappa shape index (κ1) is 8.88. The Morgan fingerprint density at radius 3 is 2.64 bits per heavy atom. The van der Waals surface area contributed by atoms with E-state index in [1.807, 2.05) is 37.3 Å². The Morgan fingerprint density at radius 2 is 2.00 bits per heavy atom. The lowest BCUT2D eigenvalue weighted by Crippen LogP contribution is -1.85. The molecule has 0 saturated heterocycles. The summed E-state index contributed by atoms with van der Waals surface area (Å²) in [6.07, 6.45) is 1.74. The van der Waals surface area contributed by atoms with Gasteiger partial charge in [0.05, 0.1) is 13.4 Å². The maximum absolute atomic E-state index is 5.27. The molecule has 14 heavy (non-hydrogen) atoms. The molecule has 0 radical (unpaired) electrons. The van der Waals surface area contributed by atoms with E-state index in [4.69, 9.17) is 9.15 Å². The van der Waals surface area contributed by atoms with Gasteiger partial charge < -0.3 is 9.15 Å². The molecule has 0 amide bonds. The largest absolute Gasteiger partial charge is 0.496 e. The van der Waals surface area contributed by atoms with Crippen molar-refractivity contribution in [2.24, 2.45) is 0 Å². The first-order valence-corrected chi connectivity index (χ1v) is 4.50. The van der Waals surface area contributed by atoms with Gasteiger partial charge in [0.15, 0.2) is 0 Å². The second-order valence-corrected chi connectivity index (χ2v) is 3.15. The predicted octanol–water partition coefficient (Wildman–Crippen LogP) is 3.26. The molecule has 0 spiro atoms. The van der Waals surface area contributed by atoms with Gasteiger partial charge in [0.25, 0.3) is 0 Å². The van der Waals surface area contributed by atoms with Crippen LogP contribution in [0.3, 0.4) is 0 Å². The zero-order chi connectivity index (χ0) is 9.97. The third-order valence-corrected chi connectivity index (χ3v) is 2.15. The van der Waals surface area contributed by atoms with E-state index in [2.05, 4.69) is 0 Å². The van der Waals surface area contributed by atoms with E-state index in [0.717, 1.165) is 22.6 Å². The van der Waals surface area contributed by atoms with Crippen molar-refractivity contribution < 1.29 is 9.15 Å². The van der Waals surface area contributed by atoms with E-state index in [1.165, 1.54) is 0 Å². The van der Waals surface area contributed by atoms with Crippen LogP contribution in [0.5, 0.6) is 5.75 Å². The maximum Gasteiger partial charge on any atom is 0.126 e. The number of furan rings is 1. The molecule has 2 aromatic rings. The summed E-state index contributed by atoms with van der Waals surface area (Å²) in [6.45, 7) is 1.93. The molecule has 0 saturated carbocycles. The summed E-state index contributed by atoms with van der Waals surface area (Å²) in [4.78, 5) is 0. The molecular weight excluding hydrogens is 176 g/mol. The molecule has 0 N–H and O–H groups in total. The minimum Gasteiger partial charge on any atom is -0.496 e. The van der Waals surface area contributed by atoms with Crippen LogP contribution in [-0.2, 0) is 0 Å². The number of rotatable bonds is 2. The number of hydrogen-bond acceptors (Lipinski definition) is 2. The van der Waals surface area contributed by atoms with Crippen LogP contribution in [0.2, 0.25) is 0 Å². The summed E-state index contributed by atoms with van der Waals surface area (Å²) >= 11 is 0. The van der Waals surface area contributed by atoms with Crippen LogP contribution < -0.4 is 4.74 Å². The van der Waals surface area contributed by atoms with Crippen LogP contribution in [0.25, 0.3) is 11.1 Å². The fourth-order valence-corrected chi connectivity index (χ4v) is 1.47. The van der Waals surface area contributed by atoms with Gasteiger partial charge in [-0.05, 0) is 19.1 Å². The average molecular weight is 188 g/mol. The molecule has 1 aromatic heterocycles. The molecule has 0 fully saturated rings. The first-order valence-electron chi connectivity index (χ1n) is 4.50. The fourth-order valence-electron chi connectivity index (χ4n) is 1.47. The van der Waals surface area contributed by atoms with Gasteiger partial charge in [-0.25, -0.2) is 0 Å². The van der Waals surface area contributed by atoms with Gasteiger partial charge in [0.2, 0.25) is 0 Å². The maximum atomic E-state index is 5.27. The summed E-state index contributed by atoms with van der Waals surface area (Å²) in [5.41, 5.74) is 2.12. The number of aryl methyl sites for hydroxylation is 1. The molecule has 0 unspecified atom stereocenters. The number of ether oxygens (including phenoxy) is 1. The van der Waals surface area contributed by atoms with Gasteiger partial charge in [-0.1, -0.05) is 18.2 Å². The average Bonchev–Trinajstić information content (AvgIpc) is 2.65. The second kappa shape index (κ2) is 3.58. The lowest BCUT2D eigenvalue weighted by molar-refractivity contribution is 0.416. The minimum atomic E-state index is 0.869. The fraction of sp³-hybridized carbons (Fsp3) is 0.167. The molecular formula is C12H12O2. The topological polar surface area (TPSA) is 22.4 Å². The van der Waals surface area contributed by atoms with Crippen molar-refractivity contribution in [1.29, 1.82) is 0 Å². The number of hydrogen-bond donors (Lipinski definition) is 0. The Hall–Kier alpha value is -1.70. The Balaban J connectivity index is 2.50. The van der Waals surface area contributed by atoms with Gasteiger partial charge in [-0.2, -0.15) is 0 Å². The summed E-state index contributed by atoms with van der Waals surface area (Å²) < 4.78 is 10.5. The van der Waals surface area contributed by atoms with Crippen molar-refractivity contribution in [2.45, 2.75) is 6.92 Å². The third kappa shape index (κ3) is 1.51. The summed E-state index contributed by atoms with van der Waals surface area (Å²) in [5.74, 6) is 1.78. The molecule has 1 heterocycles. The monoisotopic (exact) mass is 188 g/mol. The van der Waals surface area contributed by atoms with Crippen molar-refractivity contribution in [3.8, 4) is 16.9 Å². The van der Waals surface area contributed by atoms with E-state index in [9.17, 15) is 0 Å². The van der Waals surface area contributed by atoms with E-state index in [-0.39, 0.29) is 0 Å². The van der Waals surface area contributed by atoms with Gasteiger partial charge in [-0.15, -0.1) is 0 Å². The smallest absolute Gasteiger partial charge is 0.126 e. The van der Waals surface area contributed by atoms with Crippen LogP contribution in [0.1, 0.15) is 5.76 Å². The van der Waals surface area contributed by atoms with Crippen LogP contribution >= 0.6 is 0 Å². The van der Waals surface area contributed by atoms with E-state index in [1.54, 1.807) is 13.4 Å². The molecule has 0 atom stereocenters. The van der Waals surface area contributed by atoms with E-state index >= 15 is 0 Å². The highest BCUT2D eigenvalue weighted by atomic mass is 16.5. The summed E-state index contributed by atoms with van der Waals surface area (Å²) in [6, 6.07) is 9.90. The van der Waals surface area contributed by atoms with Crippen molar-refractivity contribution in [3.63, 3.8) is 0 Å². The third-order valence-electron chi connectivity index (χ3n) is 2.15. The zero-order valence-corrected chi connectivity index (χ0v) is 8.28. The molecule has 0 aliphatic carbocycles. The number of benzene rings is 1. The van der Waals surface area contributed by atoms with E-state index in [0.29, 0.717) is 0 Å². The van der Waals surface area contributed by atoms with Gasteiger partial charge in [0, 0.05) is 11.1 Å². The van der Waals surface area contributed by atoms with Crippen molar-refractivity contribution in [3.05, 3.63) is 42.4 Å².